The molecular weight excluding hydrogens is 246 g/mol. The fourth-order valence-electron chi connectivity index (χ4n) is 1.77. The van der Waals surface area contributed by atoms with Crippen LogP contribution in [0.2, 0.25) is 0 Å². The summed E-state index contributed by atoms with van der Waals surface area (Å²) in [5, 5.41) is 11.2. The number of nitrogens with zero attached hydrogens (tertiary/aromatic N) is 2. The monoisotopic (exact) mass is 273 g/mol. The van der Waals surface area contributed by atoms with Crippen LogP contribution < -0.4 is 5.32 Å². The summed E-state index contributed by atoms with van der Waals surface area (Å²) in [6.45, 7) is 11.8. The summed E-state index contributed by atoms with van der Waals surface area (Å²) < 4.78 is 0. The van der Waals surface area contributed by atoms with Crippen molar-refractivity contribution in [2.24, 2.45) is 0 Å². The summed E-state index contributed by atoms with van der Waals surface area (Å²) in [7, 11) is 0. The fraction of sp³-hybridized carbons (Fsp3) is 0.846. The van der Waals surface area contributed by atoms with Gasteiger partial charge in [0.1, 0.15) is 6.04 Å². The molecule has 0 aliphatic carbocycles. The first-order chi connectivity index (χ1) is 8.96. The molecule has 19 heavy (non-hydrogen) atoms. The highest BCUT2D eigenvalue weighted by Crippen LogP contribution is 1.97. The number of carbonyl (C=O) groups excluding carboxylic acids is 1. The van der Waals surface area contributed by atoms with E-state index in [9.17, 15) is 9.59 Å². The molecule has 0 aromatic carbocycles. The number of carboxylic acid groups (broad SMARTS) is 1. The standard InChI is InChI=1S/C13H27N3O3/c1-5-15(6-2)9-8-10-16(7-3)13(19)14-11(4)12(17)18/h11H,5-10H2,1-4H3,(H,14,19)(H,17,18)/t11-/m1/s1. The topological polar surface area (TPSA) is 72.9 Å². The van der Waals surface area contributed by atoms with Crippen molar-refractivity contribution in [3.8, 4) is 0 Å². The minimum atomic E-state index is -1.02. The van der Waals surface area contributed by atoms with E-state index in [2.05, 4.69) is 24.1 Å². The van der Waals surface area contributed by atoms with Gasteiger partial charge in [0, 0.05) is 13.1 Å². The summed E-state index contributed by atoms with van der Waals surface area (Å²) in [6, 6.07) is -1.17. The van der Waals surface area contributed by atoms with Gasteiger partial charge >= 0.3 is 12.0 Å². The lowest BCUT2D eigenvalue weighted by Crippen LogP contribution is -2.47. The van der Waals surface area contributed by atoms with Gasteiger partial charge in [0.05, 0.1) is 0 Å². The Kier molecular flexibility index (Phi) is 8.95. The molecule has 0 aliphatic heterocycles. The van der Waals surface area contributed by atoms with E-state index in [4.69, 9.17) is 5.11 Å². The lowest BCUT2D eigenvalue weighted by Gasteiger charge is -2.24. The zero-order chi connectivity index (χ0) is 14.8. The molecule has 2 amide bonds. The van der Waals surface area contributed by atoms with Gasteiger partial charge < -0.3 is 20.2 Å². The lowest BCUT2D eigenvalue weighted by atomic mass is 10.3. The van der Waals surface area contributed by atoms with Crippen molar-refractivity contribution in [1.29, 1.82) is 0 Å². The summed E-state index contributed by atoms with van der Waals surface area (Å²) in [5.41, 5.74) is 0. The Morgan fingerprint density at radius 2 is 1.68 bits per heavy atom. The first-order valence-corrected chi connectivity index (χ1v) is 6.96. The summed E-state index contributed by atoms with van der Waals surface area (Å²) >= 11 is 0. The first-order valence-electron chi connectivity index (χ1n) is 6.96. The molecule has 112 valence electrons. The van der Waals surface area contributed by atoms with E-state index < -0.39 is 12.0 Å². The molecule has 0 saturated carbocycles. The molecule has 0 unspecified atom stereocenters. The number of amides is 2. The van der Waals surface area contributed by atoms with E-state index in [-0.39, 0.29) is 6.03 Å². The zero-order valence-electron chi connectivity index (χ0n) is 12.5. The minimum absolute atomic E-state index is 0.308. The Labute approximate surface area is 115 Å². The zero-order valence-corrected chi connectivity index (χ0v) is 12.5. The Hall–Kier alpha value is -1.30. The predicted octanol–water partition coefficient (Wildman–Crippen LogP) is 1.22. The number of aliphatic carboxylic acids is 1. The highest BCUT2D eigenvalue weighted by molar-refractivity contribution is 5.82. The lowest BCUT2D eigenvalue weighted by molar-refractivity contribution is -0.138. The maximum atomic E-state index is 11.8. The highest BCUT2D eigenvalue weighted by Gasteiger charge is 2.17. The molecule has 0 saturated heterocycles. The van der Waals surface area contributed by atoms with Gasteiger partial charge in [0.15, 0.2) is 0 Å². The molecule has 6 nitrogen and oxygen atoms in total. The van der Waals surface area contributed by atoms with Gasteiger partial charge in [0.25, 0.3) is 0 Å². The Morgan fingerprint density at radius 1 is 1.11 bits per heavy atom. The maximum Gasteiger partial charge on any atom is 0.325 e. The third kappa shape index (κ3) is 7.00. The van der Waals surface area contributed by atoms with Gasteiger partial charge in [0.2, 0.25) is 0 Å². The predicted molar refractivity (Wildman–Crippen MR) is 75.3 cm³/mol. The van der Waals surface area contributed by atoms with E-state index >= 15 is 0 Å². The largest absolute Gasteiger partial charge is 0.480 e. The molecule has 0 rings (SSSR count). The SMILES string of the molecule is CCN(CC)CCCN(CC)C(=O)N[C@H](C)C(=O)O. The van der Waals surface area contributed by atoms with Crippen molar-refractivity contribution in [3.63, 3.8) is 0 Å². The normalized spacial score (nSPS) is 12.3. The second-order valence-corrected chi connectivity index (χ2v) is 4.47. The van der Waals surface area contributed by atoms with E-state index in [0.29, 0.717) is 13.1 Å². The van der Waals surface area contributed by atoms with Crippen LogP contribution in [0, 0.1) is 0 Å². The molecule has 0 radical (unpaired) electrons. The van der Waals surface area contributed by atoms with Crippen molar-refractivity contribution in [3.05, 3.63) is 0 Å². The van der Waals surface area contributed by atoms with Gasteiger partial charge in [-0.2, -0.15) is 0 Å². The van der Waals surface area contributed by atoms with Gasteiger partial charge in [-0.3, -0.25) is 4.79 Å². The molecule has 0 heterocycles. The van der Waals surface area contributed by atoms with Gasteiger partial charge in [-0.1, -0.05) is 13.8 Å². The number of rotatable bonds is 9. The van der Waals surface area contributed by atoms with Crippen LogP contribution in [0.15, 0.2) is 0 Å². The van der Waals surface area contributed by atoms with Gasteiger partial charge in [-0.15, -0.1) is 0 Å². The van der Waals surface area contributed by atoms with Crippen LogP contribution in [0.5, 0.6) is 0 Å². The fourth-order valence-corrected chi connectivity index (χ4v) is 1.77. The molecule has 0 aliphatic rings. The van der Waals surface area contributed by atoms with Gasteiger partial charge in [-0.25, -0.2) is 4.79 Å². The average Bonchev–Trinajstić information content (AvgIpc) is 2.38. The molecular formula is C13H27N3O3. The van der Waals surface area contributed by atoms with Crippen molar-refractivity contribution < 1.29 is 14.7 Å². The van der Waals surface area contributed by atoms with Crippen molar-refractivity contribution >= 4 is 12.0 Å². The number of carbonyl (C=O) groups is 2. The number of urea groups is 1. The van der Waals surface area contributed by atoms with E-state index in [1.54, 1.807) is 4.90 Å². The van der Waals surface area contributed by atoms with Gasteiger partial charge in [-0.05, 0) is 39.9 Å². The van der Waals surface area contributed by atoms with Crippen LogP contribution in [0.1, 0.15) is 34.1 Å². The minimum Gasteiger partial charge on any atom is -0.480 e. The third-order valence-electron chi connectivity index (χ3n) is 3.18. The molecule has 6 heteroatoms. The van der Waals surface area contributed by atoms with Crippen LogP contribution in [-0.4, -0.2) is 65.7 Å². The summed E-state index contributed by atoms with van der Waals surface area (Å²) in [6.07, 6.45) is 0.893. The van der Waals surface area contributed by atoms with Crippen molar-refractivity contribution in [2.75, 3.05) is 32.7 Å². The van der Waals surface area contributed by atoms with Crippen LogP contribution in [-0.2, 0) is 4.79 Å². The van der Waals surface area contributed by atoms with Crippen LogP contribution in [0.3, 0.4) is 0 Å². The second-order valence-electron chi connectivity index (χ2n) is 4.47. The molecule has 0 fully saturated rings. The molecule has 0 spiro atoms. The summed E-state index contributed by atoms with van der Waals surface area (Å²) in [4.78, 5) is 26.5. The Bertz CT molecular complexity index is 280. The molecule has 0 bridgehead atoms. The smallest absolute Gasteiger partial charge is 0.325 e. The summed E-state index contributed by atoms with van der Waals surface area (Å²) in [5.74, 6) is -1.02. The number of carboxylic acids is 1. The number of nitrogens with one attached hydrogen (secondary N) is 1. The van der Waals surface area contributed by atoms with E-state index in [1.807, 2.05) is 6.92 Å². The Balaban J connectivity index is 4.12. The highest BCUT2D eigenvalue weighted by atomic mass is 16.4. The van der Waals surface area contributed by atoms with E-state index in [0.717, 1.165) is 26.1 Å². The van der Waals surface area contributed by atoms with Crippen molar-refractivity contribution in [1.82, 2.24) is 15.1 Å². The third-order valence-corrected chi connectivity index (χ3v) is 3.18. The number of hydrogen-bond donors (Lipinski definition) is 2. The maximum absolute atomic E-state index is 11.8. The number of hydrogen-bond acceptors (Lipinski definition) is 3. The first kappa shape index (κ1) is 17.7. The molecule has 0 aromatic heterocycles. The van der Waals surface area contributed by atoms with Crippen LogP contribution in [0.25, 0.3) is 0 Å². The van der Waals surface area contributed by atoms with Crippen LogP contribution >= 0.6 is 0 Å². The molecule has 2 N–H and O–H groups in total. The quantitative estimate of drug-likeness (QED) is 0.662. The average molecular weight is 273 g/mol. The van der Waals surface area contributed by atoms with Crippen molar-refractivity contribution in [2.45, 2.75) is 40.2 Å². The molecule has 0 aromatic rings. The Morgan fingerprint density at radius 3 is 2.11 bits per heavy atom. The van der Waals surface area contributed by atoms with Crippen LogP contribution in [0.4, 0.5) is 4.79 Å². The van der Waals surface area contributed by atoms with E-state index in [1.165, 1.54) is 6.92 Å². The molecule has 1 atom stereocenters. The second kappa shape index (κ2) is 9.61.